The molecule has 1 nitrogen and oxygen atoms in total. The molecule has 0 saturated heterocycles. The average molecular weight is 230 g/mol. The summed E-state index contributed by atoms with van der Waals surface area (Å²) >= 11 is 5.87. The van der Waals surface area contributed by atoms with E-state index in [9.17, 15) is 0 Å². The summed E-state index contributed by atoms with van der Waals surface area (Å²) in [5.41, 5.74) is 3.21. The van der Waals surface area contributed by atoms with Gasteiger partial charge in [0.2, 0.25) is 0 Å². The van der Waals surface area contributed by atoms with Crippen molar-refractivity contribution in [2.45, 2.75) is 6.92 Å². The van der Waals surface area contributed by atoms with Gasteiger partial charge in [-0.15, -0.1) is 0 Å². The number of aliphatic imine (C=N–C) groups is 1. The normalized spacial score (nSPS) is 10.9. The average Bonchev–Trinajstić information content (AvgIpc) is 2.28. The molecule has 2 heteroatoms. The first kappa shape index (κ1) is 10.9. The number of halogens is 1. The Kier molecular flexibility index (Phi) is 3.37. The third kappa shape index (κ3) is 2.94. The largest absolute Gasteiger partial charge is 0.256 e. The van der Waals surface area contributed by atoms with Crippen LogP contribution in [0.25, 0.3) is 0 Å². The van der Waals surface area contributed by atoms with Gasteiger partial charge < -0.3 is 0 Å². The molecular weight excluding hydrogens is 218 g/mol. The van der Waals surface area contributed by atoms with Crippen LogP contribution in [0.5, 0.6) is 0 Å². The van der Waals surface area contributed by atoms with Gasteiger partial charge in [0, 0.05) is 11.2 Å². The van der Waals surface area contributed by atoms with Gasteiger partial charge in [0.05, 0.1) is 5.69 Å². The summed E-state index contributed by atoms with van der Waals surface area (Å²) in [4.78, 5) is 4.36. The van der Waals surface area contributed by atoms with Crippen LogP contribution in [0, 0.1) is 6.92 Å². The highest BCUT2D eigenvalue weighted by Gasteiger charge is 1.91. The maximum atomic E-state index is 5.87. The van der Waals surface area contributed by atoms with Crippen LogP contribution < -0.4 is 0 Å². The molecule has 0 spiro atoms. The minimum atomic E-state index is 0.707. The van der Waals surface area contributed by atoms with Crippen molar-refractivity contribution < 1.29 is 0 Å². The molecule has 0 aliphatic carbocycles. The molecule has 2 rings (SSSR count). The van der Waals surface area contributed by atoms with Gasteiger partial charge in [-0.2, -0.15) is 0 Å². The van der Waals surface area contributed by atoms with Gasteiger partial charge in [-0.05, 0) is 30.7 Å². The Labute approximate surface area is 100 Å². The second kappa shape index (κ2) is 4.95. The van der Waals surface area contributed by atoms with Crippen molar-refractivity contribution in [1.29, 1.82) is 0 Å². The quantitative estimate of drug-likeness (QED) is 0.677. The fourth-order valence-electron chi connectivity index (χ4n) is 1.36. The Morgan fingerprint density at radius 2 is 1.81 bits per heavy atom. The van der Waals surface area contributed by atoms with Gasteiger partial charge >= 0.3 is 0 Å². The SMILES string of the molecule is Cc1ccc(C=Nc2cccc(Cl)c2)cc1. The Morgan fingerprint density at radius 1 is 1.06 bits per heavy atom. The van der Waals surface area contributed by atoms with Crippen LogP contribution in [0.3, 0.4) is 0 Å². The van der Waals surface area contributed by atoms with Crippen LogP contribution in [0.15, 0.2) is 53.5 Å². The van der Waals surface area contributed by atoms with E-state index in [1.807, 2.05) is 42.6 Å². The van der Waals surface area contributed by atoms with Crippen molar-refractivity contribution in [2.75, 3.05) is 0 Å². The smallest absolute Gasteiger partial charge is 0.0644 e. The van der Waals surface area contributed by atoms with Crippen molar-refractivity contribution in [3.8, 4) is 0 Å². The number of benzene rings is 2. The fourth-order valence-corrected chi connectivity index (χ4v) is 1.54. The van der Waals surface area contributed by atoms with E-state index in [1.165, 1.54) is 5.56 Å². The summed E-state index contributed by atoms with van der Waals surface area (Å²) in [5, 5.41) is 0.707. The number of rotatable bonds is 2. The van der Waals surface area contributed by atoms with Gasteiger partial charge in [0.1, 0.15) is 0 Å². The zero-order valence-electron chi connectivity index (χ0n) is 9.02. The molecule has 2 aromatic carbocycles. The van der Waals surface area contributed by atoms with E-state index in [-0.39, 0.29) is 0 Å². The first-order chi connectivity index (χ1) is 7.74. The standard InChI is InChI=1S/C14H12ClN/c1-11-5-7-12(8-6-11)10-16-14-4-2-3-13(15)9-14/h2-10H,1H3. The summed E-state index contributed by atoms with van der Waals surface area (Å²) < 4.78 is 0. The van der Waals surface area contributed by atoms with E-state index in [0.717, 1.165) is 11.3 Å². The molecule has 0 amide bonds. The molecule has 0 aliphatic heterocycles. The molecule has 0 bridgehead atoms. The number of hydrogen-bond acceptors (Lipinski definition) is 1. The monoisotopic (exact) mass is 229 g/mol. The van der Waals surface area contributed by atoms with Gasteiger partial charge in [-0.25, -0.2) is 0 Å². The number of nitrogens with zero attached hydrogens (tertiary/aromatic N) is 1. The Morgan fingerprint density at radius 3 is 2.50 bits per heavy atom. The highest BCUT2D eigenvalue weighted by atomic mass is 35.5. The van der Waals surface area contributed by atoms with E-state index in [4.69, 9.17) is 11.6 Å². The first-order valence-corrected chi connectivity index (χ1v) is 5.48. The summed E-state index contributed by atoms with van der Waals surface area (Å²) in [7, 11) is 0. The molecule has 0 aromatic heterocycles. The fraction of sp³-hybridized carbons (Fsp3) is 0.0714. The van der Waals surface area contributed by atoms with Gasteiger partial charge in [-0.1, -0.05) is 47.5 Å². The van der Waals surface area contributed by atoms with Crippen LogP contribution in [-0.2, 0) is 0 Å². The van der Waals surface area contributed by atoms with Crippen molar-refractivity contribution >= 4 is 23.5 Å². The van der Waals surface area contributed by atoms with Crippen LogP contribution in [0.4, 0.5) is 5.69 Å². The molecule has 80 valence electrons. The lowest BCUT2D eigenvalue weighted by Gasteiger charge is -1.96. The summed E-state index contributed by atoms with van der Waals surface area (Å²) in [6.07, 6.45) is 1.84. The lowest BCUT2D eigenvalue weighted by Crippen LogP contribution is -1.80. The number of aryl methyl sites for hydroxylation is 1. The third-order valence-corrected chi connectivity index (χ3v) is 2.48. The maximum Gasteiger partial charge on any atom is 0.0644 e. The highest BCUT2D eigenvalue weighted by Crippen LogP contribution is 2.17. The topological polar surface area (TPSA) is 12.4 Å². The molecule has 0 N–H and O–H groups in total. The molecule has 16 heavy (non-hydrogen) atoms. The Balaban J connectivity index is 2.18. The molecule has 0 heterocycles. The minimum absolute atomic E-state index is 0.707. The van der Waals surface area contributed by atoms with Crippen molar-refractivity contribution in [1.82, 2.24) is 0 Å². The molecule has 0 fully saturated rings. The molecule has 2 aromatic rings. The Hall–Kier alpha value is -1.60. The first-order valence-electron chi connectivity index (χ1n) is 5.10. The van der Waals surface area contributed by atoms with Gasteiger partial charge in [-0.3, -0.25) is 4.99 Å². The number of hydrogen-bond donors (Lipinski definition) is 0. The zero-order valence-corrected chi connectivity index (χ0v) is 9.78. The molecule has 0 aliphatic rings. The predicted molar refractivity (Wildman–Crippen MR) is 69.9 cm³/mol. The molecule has 0 atom stereocenters. The van der Waals surface area contributed by atoms with Crippen molar-refractivity contribution in [3.63, 3.8) is 0 Å². The van der Waals surface area contributed by atoms with Crippen LogP contribution >= 0.6 is 11.6 Å². The molecule has 0 radical (unpaired) electrons. The molecular formula is C14H12ClN. The second-order valence-electron chi connectivity index (χ2n) is 3.65. The minimum Gasteiger partial charge on any atom is -0.256 e. The van der Waals surface area contributed by atoms with Gasteiger partial charge in [0.25, 0.3) is 0 Å². The lowest BCUT2D eigenvalue weighted by molar-refractivity contribution is 1.46. The van der Waals surface area contributed by atoms with Crippen LogP contribution in [-0.4, -0.2) is 6.21 Å². The van der Waals surface area contributed by atoms with Crippen molar-refractivity contribution in [3.05, 3.63) is 64.7 Å². The molecule has 0 saturated carbocycles. The van der Waals surface area contributed by atoms with Crippen LogP contribution in [0.2, 0.25) is 5.02 Å². The molecule has 0 unspecified atom stereocenters. The summed E-state index contributed by atoms with van der Waals surface area (Å²) in [6, 6.07) is 15.7. The third-order valence-electron chi connectivity index (χ3n) is 2.25. The lowest BCUT2D eigenvalue weighted by atomic mass is 10.2. The van der Waals surface area contributed by atoms with E-state index in [2.05, 4.69) is 24.0 Å². The van der Waals surface area contributed by atoms with Gasteiger partial charge in [0.15, 0.2) is 0 Å². The van der Waals surface area contributed by atoms with E-state index < -0.39 is 0 Å². The maximum absolute atomic E-state index is 5.87. The highest BCUT2D eigenvalue weighted by molar-refractivity contribution is 6.30. The van der Waals surface area contributed by atoms with E-state index >= 15 is 0 Å². The predicted octanol–water partition coefficient (Wildman–Crippen LogP) is 4.40. The van der Waals surface area contributed by atoms with Crippen molar-refractivity contribution in [2.24, 2.45) is 4.99 Å². The Bertz CT molecular complexity index is 500. The second-order valence-corrected chi connectivity index (χ2v) is 4.09. The summed E-state index contributed by atoms with van der Waals surface area (Å²) in [6.45, 7) is 2.07. The van der Waals surface area contributed by atoms with E-state index in [1.54, 1.807) is 0 Å². The van der Waals surface area contributed by atoms with Crippen LogP contribution in [0.1, 0.15) is 11.1 Å². The van der Waals surface area contributed by atoms with E-state index in [0.29, 0.717) is 5.02 Å². The summed E-state index contributed by atoms with van der Waals surface area (Å²) in [5.74, 6) is 0. The zero-order chi connectivity index (χ0) is 11.4.